The molecule has 0 heterocycles. The van der Waals surface area contributed by atoms with Gasteiger partial charge in [-0.25, -0.2) is 0 Å². The van der Waals surface area contributed by atoms with E-state index in [9.17, 15) is 5.26 Å². The Hall–Kier alpha value is -1.20. The highest BCUT2D eigenvalue weighted by molar-refractivity contribution is 6.32. The molecule has 1 saturated carbocycles. The van der Waals surface area contributed by atoms with Gasteiger partial charge in [0.05, 0.1) is 16.5 Å². The van der Waals surface area contributed by atoms with Gasteiger partial charge in [-0.05, 0) is 37.5 Å². The Morgan fingerprint density at radius 2 is 2.06 bits per heavy atom. The minimum atomic E-state index is -0.314. The molecule has 2 rings (SSSR count). The topological polar surface area (TPSA) is 33.0 Å². The SMILES string of the molecule is Cc1ccc(Cl)c(OCC2(C#N)CCCCC2)c1. The van der Waals surface area contributed by atoms with Gasteiger partial charge in [-0.1, -0.05) is 36.9 Å². The van der Waals surface area contributed by atoms with Gasteiger partial charge in [0.2, 0.25) is 0 Å². The van der Waals surface area contributed by atoms with E-state index in [1.165, 1.54) is 6.42 Å². The third-order valence-electron chi connectivity index (χ3n) is 3.64. The summed E-state index contributed by atoms with van der Waals surface area (Å²) in [6, 6.07) is 8.17. The lowest BCUT2D eigenvalue weighted by Gasteiger charge is -2.30. The summed E-state index contributed by atoms with van der Waals surface area (Å²) in [6.45, 7) is 2.45. The molecule has 96 valence electrons. The second kappa shape index (κ2) is 5.63. The molecule has 1 aromatic carbocycles. The molecule has 0 saturated heterocycles. The highest BCUT2D eigenvalue weighted by Crippen LogP contribution is 2.37. The summed E-state index contributed by atoms with van der Waals surface area (Å²) in [4.78, 5) is 0. The second-order valence-corrected chi connectivity index (χ2v) is 5.58. The van der Waals surface area contributed by atoms with Gasteiger partial charge in [0.25, 0.3) is 0 Å². The van der Waals surface area contributed by atoms with Crippen LogP contribution in [0.3, 0.4) is 0 Å². The number of ether oxygens (including phenoxy) is 1. The highest BCUT2D eigenvalue weighted by Gasteiger charge is 2.33. The van der Waals surface area contributed by atoms with E-state index in [1.807, 2.05) is 25.1 Å². The maximum absolute atomic E-state index is 9.38. The molecule has 1 aromatic rings. The minimum Gasteiger partial charge on any atom is -0.490 e. The number of hydrogen-bond acceptors (Lipinski definition) is 2. The summed E-state index contributed by atoms with van der Waals surface area (Å²) >= 11 is 6.09. The fraction of sp³-hybridized carbons (Fsp3) is 0.533. The molecule has 0 N–H and O–H groups in total. The Bertz CT molecular complexity index is 458. The van der Waals surface area contributed by atoms with Gasteiger partial charge in [0.1, 0.15) is 12.4 Å². The minimum absolute atomic E-state index is 0.314. The normalized spacial score (nSPS) is 18.1. The fourth-order valence-electron chi connectivity index (χ4n) is 2.45. The van der Waals surface area contributed by atoms with Crippen LogP contribution in [-0.2, 0) is 0 Å². The number of nitriles is 1. The average molecular weight is 264 g/mol. The van der Waals surface area contributed by atoms with Crippen molar-refractivity contribution in [3.05, 3.63) is 28.8 Å². The van der Waals surface area contributed by atoms with E-state index in [2.05, 4.69) is 6.07 Å². The third kappa shape index (κ3) is 2.97. The summed E-state index contributed by atoms with van der Waals surface area (Å²) < 4.78 is 5.80. The summed E-state index contributed by atoms with van der Waals surface area (Å²) in [6.07, 6.45) is 5.35. The van der Waals surface area contributed by atoms with Gasteiger partial charge in [-0.2, -0.15) is 5.26 Å². The Morgan fingerprint density at radius 1 is 1.33 bits per heavy atom. The molecule has 3 heteroatoms. The molecule has 1 aliphatic carbocycles. The lowest BCUT2D eigenvalue weighted by molar-refractivity contribution is 0.150. The molecule has 0 radical (unpaired) electrons. The Kier molecular flexibility index (Phi) is 4.14. The van der Waals surface area contributed by atoms with Crippen LogP contribution in [0.2, 0.25) is 5.02 Å². The fourth-order valence-corrected chi connectivity index (χ4v) is 2.63. The van der Waals surface area contributed by atoms with E-state index < -0.39 is 0 Å². The first-order chi connectivity index (χ1) is 8.65. The van der Waals surface area contributed by atoms with Crippen molar-refractivity contribution in [3.8, 4) is 11.8 Å². The maximum atomic E-state index is 9.38. The van der Waals surface area contributed by atoms with Crippen molar-refractivity contribution in [1.29, 1.82) is 5.26 Å². The van der Waals surface area contributed by atoms with Crippen molar-refractivity contribution < 1.29 is 4.74 Å². The van der Waals surface area contributed by atoms with E-state index >= 15 is 0 Å². The molecular formula is C15H18ClNO. The van der Waals surface area contributed by atoms with Crippen molar-refractivity contribution in [2.75, 3.05) is 6.61 Å². The van der Waals surface area contributed by atoms with Crippen LogP contribution < -0.4 is 4.74 Å². The average Bonchev–Trinajstić information content (AvgIpc) is 2.41. The molecule has 18 heavy (non-hydrogen) atoms. The number of nitrogens with zero attached hydrogens (tertiary/aromatic N) is 1. The summed E-state index contributed by atoms with van der Waals surface area (Å²) in [7, 11) is 0. The molecule has 0 unspecified atom stereocenters. The van der Waals surface area contributed by atoms with Crippen LogP contribution in [-0.4, -0.2) is 6.61 Å². The molecule has 0 atom stereocenters. The second-order valence-electron chi connectivity index (χ2n) is 5.18. The van der Waals surface area contributed by atoms with Crippen LogP contribution in [0.15, 0.2) is 18.2 Å². The van der Waals surface area contributed by atoms with Crippen LogP contribution >= 0.6 is 11.6 Å². The van der Waals surface area contributed by atoms with Crippen LogP contribution in [0.4, 0.5) is 0 Å². The third-order valence-corrected chi connectivity index (χ3v) is 3.95. The zero-order valence-electron chi connectivity index (χ0n) is 10.7. The molecule has 0 amide bonds. The predicted molar refractivity (Wildman–Crippen MR) is 72.8 cm³/mol. The lowest BCUT2D eigenvalue weighted by atomic mass is 9.76. The van der Waals surface area contributed by atoms with Crippen LogP contribution in [0.5, 0.6) is 5.75 Å². The zero-order chi connectivity index (χ0) is 13.0. The van der Waals surface area contributed by atoms with Crippen molar-refractivity contribution in [1.82, 2.24) is 0 Å². The van der Waals surface area contributed by atoms with E-state index in [1.54, 1.807) is 0 Å². The van der Waals surface area contributed by atoms with Gasteiger partial charge in [0, 0.05) is 0 Å². The first kappa shape index (κ1) is 13.2. The number of benzene rings is 1. The zero-order valence-corrected chi connectivity index (χ0v) is 11.5. The predicted octanol–water partition coefficient (Wildman–Crippen LogP) is 4.50. The van der Waals surface area contributed by atoms with Gasteiger partial charge >= 0.3 is 0 Å². The van der Waals surface area contributed by atoms with E-state index in [-0.39, 0.29) is 5.41 Å². The van der Waals surface area contributed by atoms with Crippen molar-refractivity contribution in [2.24, 2.45) is 5.41 Å². The molecule has 0 aliphatic heterocycles. The van der Waals surface area contributed by atoms with Gasteiger partial charge in [0.15, 0.2) is 0 Å². The van der Waals surface area contributed by atoms with E-state index in [0.29, 0.717) is 17.4 Å². The summed E-state index contributed by atoms with van der Waals surface area (Å²) in [5, 5.41) is 10.00. The largest absolute Gasteiger partial charge is 0.490 e. The molecule has 1 aliphatic rings. The number of aryl methyl sites for hydroxylation is 1. The van der Waals surface area contributed by atoms with Crippen molar-refractivity contribution >= 4 is 11.6 Å². The molecule has 2 nitrogen and oxygen atoms in total. The molecule has 0 bridgehead atoms. The summed E-state index contributed by atoms with van der Waals surface area (Å²) in [5.74, 6) is 0.692. The Morgan fingerprint density at radius 3 is 2.72 bits per heavy atom. The Labute approximate surface area is 114 Å². The van der Waals surface area contributed by atoms with Crippen LogP contribution in [0, 0.1) is 23.7 Å². The number of rotatable bonds is 3. The standard InChI is InChI=1S/C15H18ClNO/c1-12-5-6-13(16)14(9-12)18-11-15(10-17)7-3-2-4-8-15/h5-6,9H,2-4,7-8,11H2,1H3. The smallest absolute Gasteiger partial charge is 0.138 e. The van der Waals surface area contributed by atoms with E-state index in [0.717, 1.165) is 31.2 Å². The first-order valence-corrected chi connectivity index (χ1v) is 6.83. The van der Waals surface area contributed by atoms with Crippen molar-refractivity contribution in [3.63, 3.8) is 0 Å². The Balaban J connectivity index is 2.06. The van der Waals surface area contributed by atoms with Crippen LogP contribution in [0.1, 0.15) is 37.7 Å². The number of hydrogen-bond donors (Lipinski definition) is 0. The van der Waals surface area contributed by atoms with Crippen molar-refractivity contribution in [2.45, 2.75) is 39.0 Å². The molecule has 0 aromatic heterocycles. The molecular weight excluding hydrogens is 246 g/mol. The number of halogens is 1. The molecule has 0 spiro atoms. The lowest BCUT2D eigenvalue weighted by Crippen LogP contribution is -2.29. The monoisotopic (exact) mass is 263 g/mol. The highest BCUT2D eigenvalue weighted by atomic mass is 35.5. The quantitative estimate of drug-likeness (QED) is 0.804. The van der Waals surface area contributed by atoms with Crippen LogP contribution in [0.25, 0.3) is 0 Å². The van der Waals surface area contributed by atoms with Gasteiger partial charge in [-0.15, -0.1) is 0 Å². The van der Waals surface area contributed by atoms with E-state index in [4.69, 9.17) is 16.3 Å². The van der Waals surface area contributed by atoms with Gasteiger partial charge < -0.3 is 4.74 Å². The maximum Gasteiger partial charge on any atom is 0.138 e. The first-order valence-electron chi connectivity index (χ1n) is 6.45. The summed E-state index contributed by atoms with van der Waals surface area (Å²) in [5.41, 5.74) is 0.801. The van der Waals surface area contributed by atoms with Gasteiger partial charge in [-0.3, -0.25) is 0 Å². The molecule has 1 fully saturated rings.